The highest BCUT2D eigenvalue weighted by Gasteiger charge is 2.14. The number of nitrogen functional groups attached to an aromatic ring is 1. The summed E-state index contributed by atoms with van der Waals surface area (Å²) in [6.45, 7) is -0.321. The molecular formula is C17H13F2N5O2. The molecule has 2 aromatic carbocycles. The van der Waals surface area contributed by atoms with Crippen LogP contribution in [-0.4, -0.2) is 20.9 Å². The number of hydrogen-bond donors (Lipinski definition) is 2. The second-order valence-electron chi connectivity index (χ2n) is 5.12. The summed E-state index contributed by atoms with van der Waals surface area (Å²) in [4.78, 5) is 23.7. The first kappa shape index (κ1) is 17.2. The van der Waals surface area contributed by atoms with Crippen LogP contribution >= 0.6 is 0 Å². The summed E-state index contributed by atoms with van der Waals surface area (Å²) in [5, 5.41) is 2.83. The Morgan fingerprint density at radius 1 is 1.04 bits per heavy atom. The number of rotatable bonds is 5. The van der Waals surface area contributed by atoms with E-state index in [4.69, 9.17) is 10.5 Å². The molecule has 0 saturated carbocycles. The zero-order valence-corrected chi connectivity index (χ0v) is 13.3. The number of carbonyl (C=O) groups excluding carboxylic acids is 1. The number of carbonyl (C=O) groups is 1. The highest BCUT2D eigenvalue weighted by molar-refractivity contribution is 5.89. The monoisotopic (exact) mass is 357 g/mol. The molecule has 0 fully saturated rings. The number of nitrogens with one attached hydrogen (secondary N) is 1. The van der Waals surface area contributed by atoms with Crippen molar-refractivity contribution in [2.45, 2.75) is 6.61 Å². The van der Waals surface area contributed by atoms with Gasteiger partial charge in [0.15, 0.2) is 12.4 Å². The Morgan fingerprint density at radius 2 is 1.77 bits per heavy atom. The van der Waals surface area contributed by atoms with Crippen molar-refractivity contribution >= 4 is 23.6 Å². The van der Waals surface area contributed by atoms with E-state index in [1.165, 1.54) is 42.5 Å². The van der Waals surface area contributed by atoms with E-state index in [0.717, 1.165) is 6.07 Å². The van der Waals surface area contributed by atoms with Crippen molar-refractivity contribution in [3.8, 4) is 0 Å². The molecule has 3 rings (SSSR count). The summed E-state index contributed by atoms with van der Waals surface area (Å²) in [7, 11) is 0. The van der Waals surface area contributed by atoms with Gasteiger partial charge in [-0.3, -0.25) is 0 Å². The van der Waals surface area contributed by atoms with Gasteiger partial charge in [-0.25, -0.2) is 13.6 Å². The standard InChI is InChI=1S/C17H13F2N5O2/c18-10-5-7-11(8-6-10)21-17-23-14(22-16(20)24-17)9-26-15(25)12-3-1-2-4-13(12)19/h1-8H,9H2,(H3,20,21,22,23,24). The molecule has 0 saturated heterocycles. The minimum absolute atomic E-state index is 0.0757. The van der Waals surface area contributed by atoms with E-state index in [-0.39, 0.29) is 35.7 Å². The van der Waals surface area contributed by atoms with Gasteiger partial charge in [-0.15, -0.1) is 0 Å². The second kappa shape index (κ2) is 7.51. The molecule has 0 aliphatic carbocycles. The molecule has 0 unspecified atom stereocenters. The Kier molecular flexibility index (Phi) is 4.97. The third-order valence-electron chi connectivity index (χ3n) is 3.23. The van der Waals surface area contributed by atoms with E-state index in [0.29, 0.717) is 5.69 Å². The smallest absolute Gasteiger partial charge is 0.341 e. The van der Waals surface area contributed by atoms with Crippen LogP contribution in [0.15, 0.2) is 48.5 Å². The summed E-state index contributed by atoms with van der Waals surface area (Å²) < 4.78 is 31.5. The van der Waals surface area contributed by atoms with Crippen LogP contribution in [0.1, 0.15) is 16.2 Å². The molecule has 0 spiro atoms. The number of nitrogens with zero attached hydrogens (tertiary/aromatic N) is 3. The van der Waals surface area contributed by atoms with Crippen molar-refractivity contribution in [2.24, 2.45) is 0 Å². The molecule has 3 aromatic rings. The Morgan fingerprint density at radius 3 is 2.50 bits per heavy atom. The molecule has 1 heterocycles. The zero-order chi connectivity index (χ0) is 18.5. The van der Waals surface area contributed by atoms with E-state index in [9.17, 15) is 13.6 Å². The topological polar surface area (TPSA) is 103 Å². The molecule has 0 atom stereocenters. The van der Waals surface area contributed by atoms with Crippen molar-refractivity contribution in [1.82, 2.24) is 15.0 Å². The molecule has 0 bridgehead atoms. The van der Waals surface area contributed by atoms with Gasteiger partial charge in [0.2, 0.25) is 11.9 Å². The number of esters is 1. The Hall–Kier alpha value is -3.62. The van der Waals surface area contributed by atoms with Gasteiger partial charge in [0.05, 0.1) is 5.56 Å². The number of anilines is 3. The average Bonchev–Trinajstić information content (AvgIpc) is 2.62. The Bertz CT molecular complexity index is 935. The molecule has 0 aliphatic rings. The maximum atomic E-state index is 13.6. The van der Waals surface area contributed by atoms with Gasteiger partial charge in [0.1, 0.15) is 11.6 Å². The largest absolute Gasteiger partial charge is 0.454 e. The van der Waals surface area contributed by atoms with Crippen LogP contribution in [0.25, 0.3) is 0 Å². The first-order valence-corrected chi connectivity index (χ1v) is 7.46. The summed E-state index contributed by atoms with van der Waals surface area (Å²) in [6.07, 6.45) is 0. The maximum absolute atomic E-state index is 13.6. The molecule has 3 N–H and O–H groups in total. The average molecular weight is 357 g/mol. The van der Waals surface area contributed by atoms with E-state index >= 15 is 0 Å². The van der Waals surface area contributed by atoms with Gasteiger partial charge < -0.3 is 15.8 Å². The molecule has 9 heteroatoms. The number of ether oxygens (including phenoxy) is 1. The third-order valence-corrected chi connectivity index (χ3v) is 3.23. The number of nitrogens with two attached hydrogens (primary N) is 1. The molecule has 0 radical (unpaired) electrons. The van der Waals surface area contributed by atoms with Gasteiger partial charge in [0, 0.05) is 5.69 Å². The fourth-order valence-corrected chi connectivity index (χ4v) is 2.06. The van der Waals surface area contributed by atoms with Crippen molar-refractivity contribution in [1.29, 1.82) is 0 Å². The van der Waals surface area contributed by atoms with Gasteiger partial charge in [0.25, 0.3) is 0 Å². The fourth-order valence-electron chi connectivity index (χ4n) is 2.06. The minimum atomic E-state index is -0.852. The number of benzene rings is 2. The predicted molar refractivity (Wildman–Crippen MR) is 89.4 cm³/mol. The number of hydrogen-bond acceptors (Lipinski definition) is 7. The SMILES string of the molecule is Nc1nc(COC(=O)c2ccccc2F)nc(Nc2ccc(F)cc2)n1. The fraction of sp³-hybridized carbons (Fsp3) is 0.0588. The highest BCUT2D eigenvalue weighted by atomic mass is 19.1. The van der Waals surface area contributed by atoms with E-state index in [1.807, 2.05) is 0 Å². The van der Waals surface area contributed by atoms with Gasteiger partial charge in [-0.05, 0) is 36.4 Å². The Balaban J connectivity index is 1.70. The normalized spacial score (nSPS) is 10.4. The lowest BCUT2D eigenvalue weighted by atomic mass is 10.2. The summed E-state index contributed by atoms with van der Waals surface area (Å²) in [5.74, 6) is -1.85. The second-order valence-corrected chi connectivity index (χ2v) is 5.12. The first-order valence-electron chi connectivity index (χ1n) is 7.46. The lowest BCUT2D eigenvalue weighted by molar-refractivity contribution is 0.0457. The molecular weight excluding hydrogens is 344 g/mol. The molecule has 0 amide bonds. The maximum Gasteiger partial charge on any atom is 0.341 e. The van der Waals surface area contributed by atoms with Crippen LogP contribution in [-0.2, 0) is 11.3 Å². The highest BCUT2D eigenvalue weighted by Crippen LogP contribution is 2.15. The molecule has 132 valence electrons. The van der Waals surface area contributed by atoms with Crippen molar-refractivity contribution < 1.29 is 18.3 Å². The van der Waals surface area contributed by atoms with Crippen LogP contribution in [0.5, 0.6) is 0 Å². The first-order chi connectivity index (χ1) is 12.5. The zero-order valence-electron chi connectivity index (χ0n) is 13.3. The van der Waals surface area contributed by atoms with Crippen molar-refractivity contribution in [2.75, 3.05) is 11.1 Å². The van der Waals surface area contributed by atoms with E-state index < -0.39 is 11.8 Å². The van der Waals surface area contributed by atoms with Crippen LogP contribution in [0, 0.1) is 11.6 Å². The van der Waals surface area contributed by atoms with Crippen LogP contribution in [0.2, 0.25) is 0 Å². The Labute approximate surface area is 146 Å². The number of halogens is 2. The van der Waals surface area contributed by atoms with Crippen LogP contribution in [0.3, 0.4) is 0 Å². The minimum Gasteiger partial charge on any atom is -0.454 e. The van der Waals surface area contributed by atoms with Gasteiger partial charge in [-0.2, -0.15) is 15.0 Å². The molecule has 0 aliphatic heterocycles. The lowest BCUT2D eigenvalue weighted by Gasteiger charge is -2.08. The summed E-state index contributed by atoms with van der Waals surface area (Å²) in [6, 6.07) is 11.0. The number of aromatic nitrogens is 3. The van der Waals surface area contributed by atoms with E-state index in [2.05, 4.69) is 20.3 Å². The molecule has 7 nitrogen and oxygen atoms in total. The predicted octanol–water partition coefficient (Wildman–Crippen LogP) is 2.83. The quantitative estimate of drug-likeness (QED) is 0.677. The van der Waals surface area contributed by atoms with Gasteiger partial charge >= 0.3 is 5.97 Å². The molecule has 1 aromatic heterocycles. The van der Waals surface area contributed by atoms with E-state index in [1.54, 1.807) is 0 Å². The summed E-state index contributed by atoms with van der Waals surface area (Å²) in [5.41, 5.74) is 5.95. The third kappa shape index (κ3) is 4.26. The van der Waals surface area contributed by atoms with Crippen LogP contribution in [0.4, 0.5) is 26.4 Å². The van der Waals surface area contributed by atoms with Crippen LogP contribution < -0.4 is 11.1 Å². The van der Waals surface area contributed by atoms with Crippen molar-refractivity contribution in [3.05, 3.63) is 71.6 Å². The summed E-state index contributed by atoms with van der Waals surface area (Å²) >= 11 is 0. The van der Waals surface area contributed by atoms with Crippen molar-refractivity contribution in [3.63, 3.8) is 0 Å². The lowest BCUT2D eigenvalue weighted by Crippen LogP contribution is -2.12. The van der Waals surface area contributed by atoms with Gasteiger partial charge in [-0.1, -0.05) is 12.1 Å². The molecule has 26 heavy (non-hydrogen) atoms.